The third-order valence-electron chi connectivity index (χ3n) is 15.4. The lowest BCUT2D eigenvalue weighted by atomic mass is 9.40. The predicted octanol–water partition coefficient (Wildman–Crippen LogP) is 9.09. The van der Waals surface area contributed by atoms with Crippen LogP contribution in [0.4, 0.5) is 0 Å². The molecule has 0 amide bonds. The van der Waals surface area contributed by atoms with Crippen LogP contribution in [0.25, 0.3) is 0 Å². The number of esters is 4. The van der Waals surface area contributed by atoms with Crippen molar-refractivity contribution in [2.45, 2.75) is 176 Å². The van der Waals surface area contributed by atoms with Gasteiger partial charge in [-0.1, -0.05) is 91.7 Å². The molecule has 12 unspecified atom stereocenters. The summed E-state index contributed by atoms with van der Waals surface area (Å²) < 4.78 is 18.2. The van der Waals surface area contributed by atoms with Gasteiger partial charge in [0.15, 0.2) is 0 Å². The van der Waals surface area contributed by atoms with E-state index in [1.165, 1.54) is 0 Å². The lowest BCUT2D eigenvalue weighted by Gasteiger charge is -2.64. The van der Waals surface area contributed by atoms with E-state index in [0.717, 1.165) is 64.2 Å². The molecule has 0 aromatic heterocycles. The van der Waals surface area contributed by atoms with Gasteiger partial charge in [-0.05, 0) is 106 Å². The lowest BCUT2D eigenvalue weighted by molar-refractivity contribution is -0.228. The Morgan fingerprint density at radius 3 is 2.28 bits per heavy atom. The maximum atomic E-state index is 14.1. The fraction of sp³-hybridized carbons (Fsp3) is 0.826. The van der Waals surface area contributed by atoms with Gasteiger partial charge in [-0.15, -0.1) is 0 Å². The Bertz CT molecular complexity index is 1520. The van der Waals surface area contributed by atoms with Gasteiger partial charge in [0.05, 0.1) is 41.8 Å². The highest BCUT2D eigenvalue weighted by atomic mass is 16.6. The van der Waals surface area contributed by atoms with Gasteiger partial charge in [0.2, 0.25) is 0 Å². The molecule has 0 bridgehead atoms. The summed E-state index contributed by atoms with van der Waals surface area (Å²) in [5.74, 6) is -6.01. The molecule has 3 aliphatic carbocycles. The molecule has 1 spiro atoms. The van der Waals surface area contributed by atoms with Gasteiger partial charge in [0.1, 0.15) is 0 Å². The van der Waals surface area contributed by atoms with Crippen molar-refractivity contribution in [1.82, 2.24) is 0 Å². The van der Waals surface area contributed by atoms with Gasteiger partial charge >= 0.3 is 35.8 Å². The monoisotopic (exact) mass is 798 g/mol. The van der Waals surface area contributed by atoms with E-state index in [9.17, 15) is 33.9 Å². The summed E-state index contributed by atoms with van der Waals surface area (Å²) in [4.78, 5) is 77.2. The summed E-state index contributed by atoms with van der Waals surface area (Å²) in [7, 11) is 0. The number of aliphatic carboxylic acids is 2. The average molecular weight is 799 g/mol. The molecular weight excluding hydrogens is 728 g/mol. The molecule has 0 radical (unpaired) electrons. The first-order valence-electron chi connectivity index (χ1n) is 22.3. The minimum atomic E-state index is -0.893. The first-order valence-corrected chi connectivity index (χ1v) is 22.3. The fourth-order valence-corrected chi connectivity index (χ4v) is 12.7. The van der Waals surface area contributed by atoms with E-state index in [2.05, 4.69) is 46.8 Å². The molecule has 3 saturated carbocycles. The largest absolute Gasteiger partial charge is 0.481 e. The van der Waals surface area contributed by atoms with Crippen molar-refractivity contribution < 1.29 is 53.2 Å². The van der Waals surface area contributed by atoms with E-state index in [1.807, 2.05) is 6.92 Å². The van der Waals surface area contributed by atoms with E-state index in [0.29, 0.717) is 44.9 Å². The minimum Gasteiger partial charge on any atom is -0.481 e. The smallest absolute Gasteiger partial charge is 0.318 e. The number of carboxylic acids is 2. The number of carbonyl (C=O) groups excluding carboxylic acids is 4. The summed E-state index contributed by atoms with van der Waals surface area (Å²) in [5, 5.41) is 19.6. The van der Waals surface area contributed by atoms with Crippen LogP contribution in [0.5, 0.6) is 0 Å². The molecule has 0 aromatic rings. The van der Waals surface area contributed by atoms with Crippen molar-refractivity contribution in [1.29, 1.82) is 0 Å². The number of unbranched alkanes of at least 4 members (excludes halogenated alkanes) is 7. The van der Waals surface area contributed by atoms with E-state index >= 15 is 0 Å². The number of rotatable bonds is 20. The number of fused-ring (bicyclic) bond motifs is 3. The van der Waals surface area contributed by atoms with Crippen LogP contribution in [-0.4, -0.2) is 58.2 Å². The van der Waals surface area contributed by atoms with Crippen LogP contribution in [0, 0.1) is 63.6 Å². The quantitative estimate of drug-likeness (QED) is 0.0521. The van der Waals surface area contributed by atoms with E-state index in [1.54, 1.807) is 0 Å². The number of carboxylic acid groups (broad SMARTS) is 2. The third-order valence-corrected chi connectivity index (χ3v) is 15.4. The Balaban J connectivity index is 1.53. The predicted molar refractivity (Wildman–Crippen MR) is 212 cm³/mol. The van der Waals surface area contributed by atoms with Crippen molar-refractivity contribution >= 4 is 35.8 Å². The number of carbonyl (C=O) groups is 6. The van der Waals surface area contributed by atoms with Gasteiger partial charge in [-0.3, -0.25) is 28.8 Å². The summed E-state index contributed by atoms with van der Waals surface area (Å²) >= 11 is 0. The van der Waals surface area contributed by atoms with Gasteiger partial charge in [0.25, 0.3) is 0 Å². The average Bonchev–Trinajstić information content (AvgIpc) is 3.64. The SMILES string of the molecule is CCCCC/C=C/C(CC(CCCCCCCC(=O)O)C1CC(=O)OC1=O)OC1C(C(C)C)C(C)C2C(=O)OC(=O)C2C12CCC1C(C)(CCCC1(C)C(=O)O)C2. The molecular formula is C46H70O11. The Kier molecular flexibility index (Phi) is 14.9. The van der Waals surface area contributed by atoms with Crippen LogP contribution < -0.4 is 0 Å². The molecule has 2 N–H and O–H groups in total. The molecule has 2 aliphatic heterocycles. The highest BCUT2D eigenvalue weighted by Crippen LogP contribution is 2.69. The molecule has 0 aromatic carbocycles. The summed E-state index contributed by atoms with van der Waals surface area (Å²) in [6, 6.07) is 0. The van der Waals surface area contributed by atoms with Crippen molar-refractivity contribution in [2.75, 3.05) is 0 Å². The molecule has 12 atom stereocenters. The first kappa shape index (κ1) is 45.0. The highest BCUT2D eigenvalue weighted by molar-refractivity contribution is 5.97. The second-order valence-corrected chi connectivity index (χ2v) is 19.5. The van der Waals surface area contributed by atoms with Crippen LogP contribution in [0.3, 0.4) is 0 Å². The minimum absolute atomic E-state index is 0.0217. The summed E-state index contributed by atoms with van der Waals surface area (Å²) in [6.45, 7) is 12.6. The second kappa shape index (κ2) is 18.9. The highest BCUT2D eigenvalue weighted by Gasteiger charge is 2.71. The fourth-order valence-electron chi connectivity index (χ4n) is 12.7. The summed E-state index contributed by atoms with van der Waals surface area (Å²) in [5.41, 5.74) is -2.08. The molecule has 5 rings (SSSR count). The standard InChI is InChI=1S/C46H70O11/c1-7-8-9-11-15-19-31(25-30(32-26-35(49)56-40(32)50)18-14-12-10-13-16-20-34(47)48)55-39-36(28(2)3)29(4)37-38(42(52)57-41(37)51)46(39)24-21-33-44(5,27-46)22-17-23-45(33,6)43(53)54/h15,19,28-33,36-39H,7-14,16-18,20-27H2,1-6H3,(H,47,48)(H,53,54)/b19-15+. The molecule has 320 valence electrons. The van der Waals surface area contributed by atoms with Gasteiger partial charge in [-0.25, -0.2) is 0 Å². The maximum absolute atomic E-state index is 14.1. The molecule has 5 fully saturated rings. The molecule has 5 aliphatic rings. The van der Waals surface area contributed by atoms with E-state index < -0.39 is 82.0 Å². The number of hydrogen-bond donors (Lipinski definition) is 2. The Hall–Kier alpha value is -3.08. The Labute approximate surface area is 339 Å². The van der Waals surface area contributed by atoms with Gasteiger partial charge in [-0.2, -0.15) is 0 Å². The topological polar surface area (TPSA) is 171 Å². The molecule has 2 saturated heterocycles. The van der Waals surface area contributed by atoms with Crippen molar-refractivity contribution in [2.24, 2.45) is 63.6 Å². The van der Waals surface area contributed by atoms with Crippen LogP contribution in [0.2, 0.25) is 0 Å². The molecule has 57 heavy (non-hydrogen) atoms. The second-order valence-electron chi connectivity index (χ2n) is 19.5. The molecule has 2 heterocycles. The molecule has 11 heteroatoms. The third kappa shape index (κ3) is 9.54. The Morgan fingerprint density at radius 1 is 0.912 bits per heavy atom. The zero-order valence-corrected chi connectivity index (χ0v) is 35.4. The van der Waals surface area contributed by atoms with Crippen molar-refractivity contribution in [3.05, 3.63) is 12.2 Å². The Morgan fingerprint density at radius 2 is 1.63 bits per heavy atom. The number of allylic oxidation sites excluding steroid dienone is 1. The zero-order chi connectivity index (χ0) is 41.7. The van der Waals surface area contributed by atoms with E-state index in [4.69, 9.17) is 19.3 Å². The summed E-state index contributed by atoms with van der Waals surface area (Å²) in [6.07, 6.45) is 16.6. The van der Waals surface area contributed by atoms with Gasteiger partial charge < -0.3 is 24.4 Å². The number of ether oxygens (including phenoxy) is 3. The van der Waals surface area contributed by atoms with Crippen molar-refractivity contribution in [3.63, 3.8) is 0 Å². The first-order chi connectivity index (χ1) is 27.0. The van der Waals surface area contributed by atoms with Gasteiger partial charge in [0, 0.05) is 11.8 Å². The van der Waals surface area contributed by atoms with E-state index in [-0.39, 0.29) is 42.4 Å². The van der Waals surface area contributed by atoms with Crippen LogP contribution in [0.1, 0.15) is 164 Å². The zero-order valence-electron chi connectivity index (χ0n) is 35.4. The lowest BCUT2D eigenvalue weighted by Crippen LogP contribution is -2.65. The molecule has 11 nitrogen and oxygen atoms in total. The van der Waals surface area contributed by atoms with Crippen LogP contribution in [0.15, 0.2) is 12.2 Å². The van der Waals surface area contributed by atoms with Crippen molar-refractivity contribution in [3.8, 4) is 0 Å². The van der Waals surface area contributed by atoms with Crippen LogP contribution in [-0.2, 0) is 43.0 Å². The normalized spacial score (nSPS) is 36.3. The number of hydrogen-bond acceptors (Lipinski definition) is 9. The van der Waals surface area contributed by atoms with Crippen LogP contribution >= 0.6 is 0 Å². The maximum Gasteiger partial charge on any atom is 0.318 e. The number of cyclic esters (lactones) is 4.